The number of nitrogens with one attached hydrogen (secondary N) is 1. The zero-order valence-electron chi connectivity index (χ0n) is 10.1. The standard InChI is InChI=1S/C15H17NO/c1-12(10-16-2)11-17-15-8-7-13-5-3-4-6-14(13)9-15/h3-9,16H,1,10-11H2,2H3. The molecule has 0 saturated heterocycles. The monoisotopic (exact) mass is 227 g/mol. The topological polar surface area (TPSA) is 21.3 Å². The second-order valence-electron chi connectivity index (χ2n) is 4.08. The zero-order chi connectivity index (χ0) is 12.1. The van der Waals surface area contributed by atoms with E-state index in [-0.39, 0.29) is 0 Å². The summed E-state index contributed by atoms with van der Waals surface area (Å²) >= 11 is 0. The van der Waals surface area contributed by atoms with E-state index in [0.717, 1.165) is 17.9 Å². The maximum absolute atomic E-state index is 5.69. The third kappa shape index (κ3) is 3.08. The molecule has 0 spiro atoms. The highest BCUT2D eigenvalue weighted by molar-refractivity contribution is 5.83. The molecule has 2 aromatic carbocycles. The molecule has 0 aliphatic carbocycles. The first kappa shape index (κ1) is 11.7. The maximum Gasteiger partial charge on any atom is 0.120 e. The molecule has 0 saturated carbocycles. The van der Waals surface area contributed by atoms with E-state index in [0.29, 0.717) is 6.61 Å². The van der Waals surface area contributed by atoms with Crippen LogP contribution in [-0.4, -0.2) is 20.2 Å². The van der Waals surface area contributed by atoms with Crippen LogP contribution in [0.25, 0.3) is 10.8 Å². The van der Waals surface area contributed by atoms with Gasteiger partial charge in [-0.05, 0) is 35.5 Å². The van der Waals surface area contributed by atoms with Gasteiger partial charge in [0.2, 0.25) is 0 Å². The van der Waals surface area contributed by atoms with E-state index in [1.54, 1.807) is 0 Å². The number of hydrogen-bond acceptors (Lipinski definition) is 2. The van der Waals surface area contributed by atoms with Gasteiger partial charge in [0.1, 0.15) is 12.4 Å². The van der Waals surface area contributed by atoms with Crippen LogP contribution in [0.4, 0.5) is 0 Å². The molecule has 0 heterocycles. The lowest BCUT2D eigenvalue weighted by Gasteiger charge is -2.09. The van der Waals surface area contributed by atoms with Crippen LogP contribution < -0.4 is 10.1 Å². The van der Waals surface area contributed by atoms with Crippen LogP contribution in [0, 0.1) is 0 Å². The lowest BCUT2D eigenvalue weighted by molar-refractivity contribution is 0.349. The van der Waals surface area contributed by atoms with Gasteiger partial charge in [-0.1, -0.05) is 36.9 Å². The lowest BCUT2D eigenvalue weighted by atomic mass is 10.1. The van der Waals surface area contributed by atoms with Gasteiger partial charge in [-0.2, -0.15) is 0 Å². The summed E-state index contributed by atoms with van der Waals surface area (Å²) in [4.78, 5) is 0. The maximum atomic E-state index is 5.69. The average molecular weight is 227 g/mol. The molecule has 2 rings (SSSR count). The Morgan fingerprint density at radius 2 is 1.94 bits per heavy atom. The van der Waals surface area contributed by atoms with Crippen LogP contribution in [0.3, 0.4) is 0 Å². The van der Waals surface area contributed by atoms with Crippen molar-refractivity contribution in [2.75, 3.05) is 20.2 Å². The second kappa shape index (κ2) is 5.51. The van der Waals surface area contributed by atoms with Gasteiger partial charge in [-0.15, -0.1) is 0 Å². The molecule has 2 heteroatoms. The van der Waals surface area contributed by atoms with Crippen molar-refractivity contribution in [1.29, 1.82) is 0 Å². The van der Waals surface area contributed by atoms with Gasteiger partial charge in [-0.3, -0.25) is 0 Å². The molecule has 2 nitrogen and oxygen atoms in total. The molecule has 2 aromatic rings. The quantitative estimate of drug-likeness (QED) is 0.793. The first-order chi connectivity index (χ1) is 8.29. The van der Waals surface area contributed by atoms with Gasteiger partial charge in [0, 0.05) is 6.54 Å². The molecule has 0 aromatic heterocycles. The van der Waals surface area contributed by atoms with E-state index in [4.69, 9.17) is 4.74 Å². The predicted molar refractivity (Wildman–Crippen MR) is 72.5 cm³/mol. The molecule has 88 valence electrons. The van der Waals surface area contributed by atoms with Crippen LogP contribution in [0.15, 0.2) is 54.6 Å². The van der Waals surface area contributed by atoms with Crippen molar-refractivity contribution in [1.82, 2.24) is 5.32 Å². The van der Waals surface area contributed by atoms with E-state index >= 15 is 0 Å². The van der Waals surface area contributed by atoms with Gasteiger partial charge in [0.05, 0.1) is 0 Å². The van der Waals surface area contributed by atoms with E-state index in [1.165, 1.54) is 10.8 Å². The van der Waals surface area contributed by atoms with E-state index < -0.39 is 0 Å². The Labute approximate surface area is 102 Å². The van der Waals surface area contributed by atoms with Gasteiger partial charge >= 0.3 is 0 Å². The first-order valence-electron chi connectivity index (χ1n) is 5.72. The van der Waals surface area contributed by atoms with Gasteiger partial charge in [0.15, 0.2) is 0 Å². The number of ether oxygens (including phenoxy) is 1. The molecule has 0 atom stereocenters. The Morgan fingerprint density at radius 1 is 1.18 bits per heavy atom. The Balaban J connectivity index is 2.06. The van der Waals surface area contributed by atoms with Crippen LogP contribution >= 0.6 is 0 Å². The summed E-state index contributed by atoms with van der Waals surface area (Å²) in [6.07, 6.45) is 0. The molecule has 0 amide bonds. The van der Waals surface area contributed by atoms with Crippen LogP contribution in [0.2, 0.25) is 0 Å². The molecule has 17 heavy (non-hydrogen) atoms. The summed E-state index contributed by atoms with van der Waals surface area (Å²) in [5.74, 6) is 0.890. The minimum atomic E-state index is 0.555. The van der Waals surface area contributed by atoms with Crippen LogP contribution in [0.5, 0.6) is 5.75 Å². The van der Waals surface area contributed by atoms with Crippen molar-refractivity contribution in [2.24, 2.45) is 0 Å². The van der Waals surface area contributed by atoms with Gasteiger partial charge < -0.3 is 10.1 Å². The number of hydrogen-bond donors (Lipinski definition) is 1. The van der Waals surface area contributed by atoms with Crippen molar-refractivity contribution >= 4 is 10.8 Å². The predicted octanol–water partition coefficient (Wildman–Crippen LogP) is 2.99. The molecule has 0 radical (unpaired) electrons. The number of rotatable bonds is 5. The Morgan fingerprint density at radius 3 is 2.71 bits per heavy atom. The van der Waals surface area contributed by atoms with E-state index in [9.17, 15) is 0 Å². The molecule has 0 fully saturated rings. The van der Waals surface area contributed by atoms with Crippen molar-refractivity contribution in [3.05, 3.63) is 54.6 Å². The molecule has 0 bridgehead atoms. The van der Waals surface area contributed by atoms with Crippen LogP contribution in [0.1, 0.15) is 0 Å². The fourth-order valence-corrected chi connectivity index (χ4v) is 1.74. The minimum absolute atomic E-state index is 0.555. The molecule has 0 aliphatic heterocycles. The van der Waals surface area contributed by atoms with Crippen molar-refractivity contribution < 1.29 is 4.74 Å². The number of likely N-dealkylation sites (N-methyl/N-ethyl adjacent to an activating group) is 1. The summed E-state index contributed by atoms with van der Waals surface area (Å²) in [7, 11) is 1.90. The number of benzene rings is 2. The fraction of sp³-hybridized carbons (Fsp3) is 0.200. The van der Waals surface area contributed by atoms with Crippen molar-refractivity contribution in [3.63, 3.8) is 0 Å². The summed E-state index contributed by atoms with van der Waals surface area (Å²) in [6, 6.07) is 14.4. The smallest absolute Gasteiger partial charge is 0.120 e. The summed E-state index contributed by atoms with van der Waals surface area (Å²) in [6.45, 7) is 5.27. The van der Waals surface area contributed by atoms with Crippen molar-refractivity contribution in [3.8, 4) is 5.75 Å². The third-order valence-corrected chi connectivity index (χ3v) is 2.59. The molecule has 1 N–H and O–H groups in total. The average Bonchev–Trinajstić information content (AvgIpc) is 2.36. The zero-order valence-corrected chi connectivity index (χ0v) is 10.1. The SMILES string of the molecule is C=C(CNC)COc1ccc2ccccc2c1. The Bertz CT molecular complexity index is 519. The van der Waals surface area contributed by atoms with Crippen LogP contribution in [-0.2, 0) is 0 Å². The minimum Gasteiger partial charge on any atom is -0.489 e. The molecule has 0 aliphatic rings. The molecule has 0 unspecified atom stereocenters. The Kier molecular flexibility index (Phi) is 3.78. The first-order valence-corrected chi connectivity index (χ1v) is 5.72. The van der Waals surface area contributed by atoms with E-state index in [1.807, 2.05) is 25.2 Å². The Hall–Kier alpha value is -1.80. The van der Waals surface area contributed by atoms with Gasteiger partial charge in [-0.25, -0.2) is 0 Å². The third-order valence-electron chi connectivity index (χ3n) is 2.59. The second-order valence-corrected chi connectivity index (χ2v) is 4.08. The number of fused-ring (bicyclic) bond motifs is 1. The fourth-order valence-electron chi connectivity index (χ4n) is 1.74. The summed E-state index contributed by atoms with van der Waals surface area (Å²) < 4.78 is 5.69. The highest BCUT2D eigenvalue weighted by Gasteiger charge is 1.98. The van der Waals surface area contributed by atoms with E-state index in [2.05, 4.69) is 36.2 Å². The highest BCUT2D eigenvalue weighted by atomic mass is 16.5. The normalized spacial score (nSPS) is 10.4. The van der Waals surface area contributed by atoms with Crippen molar-refractivity contribution in [2.45, 2.75) is 0 Å². The molecular weight excluding hydrogens is 210 g/mol. The van der Waals surface area contributed by atoms with Gasteiger partial charge in [0.25, 0.3) is 0 Å². The molecular formula is C15H17NO. The highest BCUT2D eigenvalue weighted by Crippen LogP contribution is 2.20. The largest absolute Gasteiger partial charge is 0.489 e. The summed E-state index contributed by atoms with van der Waals surface area (Å²) in [5, 5.41) is 5.48. The summed E-state index contributed by atoms with van der Waals surface area (Å²) in [5.41, 5.74) is 1.04. The lowest BCUT2D eigenvalue weighted by Crippen LogP contribution is -2.14.